The topological polar surface area (TPSA) is 55.5 Å². The van der Waals surface area contributed by atoms with Crippen LogP contribution >= 0.6 is 0 Å². The minimum atomic E-state index is -0.825. The van der Waals surface area contributed by atoms with Crippen molar-refractivity contribution in [1.29, 1.82) is 0 Å². The molecule has 1 heterocycles. The molecular formula is C15H21NO2. The number of rotatable bonds is 2. The van der Waals surface area contributed by atoms with Gasteiger partial charge in [0.25, 0.3) is 0 Å². The molecular weight excluding hydrogens is 226 g/mol. The average Bonchev–Trinajstić information content (AvgIpc) is 2.93. The Kier molecular flexibility index (Phi) is 2.73. The minimum absolute atomic E-state index is 0.146. The van der Waals surface area contributed by atoms with Gasteiger partial charge in [0.15, 0.2) is 0 Å². The van der Waals surface area contributed by atoms with Crippen LogP contribution < -0.4 is 5.73 Å². The highest BCUT2D eigenvalue weighted by Gasteiger charge is 2.58. The zero-order valence-corrected chi connectivity index (χ0v) is 10.9. The van der Waals surface area contributed by atoms with E-state index in [1.807, 2.05) is 13.0 Å². The standard InChI is InChI=1S/C15H21NO2/c1-11-15(17,8-9-18-11)14(10-16)7-6-12-4-2-3-5-13(12)14/h2-5,11,17H,6-10,16H2,1H3. The minimum Gasteiger partial charge on any atom is -0.386 e. The number of aryl methyl sites for hydroxylation is 1. The van der Waals surface area contributed by atoms with E-state index in [1.54, 1.807) is 0 Å². The van der Waals surface area contributed by atoms with Gasteiger partial charge in [-0.05, 0) is 30.9 Å². The molecule has 3 atom stereocenters. The fourth-order valence-electron chi connectivity index (χ4n) is 3.89. The Morgan fingerprint density at radius 2 is 2.17 bits per heavy atom. The fourth-order valence-corrected chi connectivity index (χ4v) is 3.89. The summed E-state index contributed by atoms with van der Waals surface area (Å²) in [6.45, 7) is 3.07. The van der Waals surface area contributed by atoms with Crippen LogP contribution in [0.1, 0.15) is 30.9 Å². The molecule has 1 aliphatic carbocycles. The Morgan fingerprint density at radius 3 is 2.83 bits per heavy atom. The van der Waals surface area contributed by atoms with Crippen LogP contribution in [0.3, 0.4) is 0 Å². The van der Waals surface area contributed by atoms with Crippen molar-refractivity contribution in [1.82, 2.24) is 0 Å². The van der Waals surface area contributed by atoms with Crippen LogP contribution in [0.2, 0.25) is 0 Å². The lowest BCUT2D eigenvalue weighted by molar-refractivity contribution is -0.0830. The molecule has 1 saturated heterocycles. The predicted octanol–water partition coefficient (Wildman–Crippen LogP) is 1.37. The maximum absolute atomic E-state index is 11.2. The van der Waals surface area contributed by atoms with E-state index in [2.05, 4.69) is 18.2 Å². The molecule has 18 heavy (non-hydrogen) atoms. The Balaban J connectivity index is 2.13. The second-order valence-electron chi connectivity index (χ2n) is 5.63. The molecule has 0 amide bonds. The summed E-state index contributed by atoms with van der Waals surface area (Å²) in [7, 11) is 0. The lowest BCUT2D eigenvalue weighted by atomic mass is 9.65. The van der Waals surface area contributed by atoms with E-state index in [-0.39, 0.29) is 11.5 Å². The predicted molar refractivity (Wildman–Crippen MR) is 70.5 cm³/mol. The van der Waals surface area contributed by atoms with Crippen molar-refractivity contribution in [3.8, 4) is 0 Å². The number of fused-ring (bicyclic) bond motifs is 1. The van der Waals surface area contributed by atoms with E-state index in [9.17, 15) is 5.11 Å². The van der Waals surface area contributed by atoms with Crippen molar-refractivity contribution >= 4 is 0 Å². The van der Waals surface area contributed by atoms with Crippen LogP contribution in [-0.4, -0.2) is 30.0 Å². The van der Waals surface area contributed by atoms with Crippen LogP contribution in [0.4, 0.5) is 0 Å². The van der Waals surface area contributed by atoms with E-state index in [0.29, 0.717) is 19.6 Å². The second-order valence-corrected chi connectivity index (χ2v) is 5.63. The SMILES string of the molecule is CC1OCCC1(O)C1(CN)CCc2ccccc21. The third-order valence-electron chi connectivity index (χ3n) is 5.05. The lowest BCUT2D eigenvalue weighted by Gasteiger charge is -2.44. The molecule has 0 aromatic heterocycles. The fraction of sp³-hybridized carbons (Fsp3) is 0.600. The first-order valence-corrected chi connectivity index (χ1v) is 6.76. The van der Waals surface area contributed by atoms with Crippen LogP contribution in [0.25, 0.3) is 0 Å². The van der Waals surface area contributed by atoms with Crippen molar-refractivity contribution in [2.75, 3.05) is 13.2 Å². The van der Waals surface area contributed by atoms with Gasteiger partial charge in [-0.3, -0.25) is 0 Å². The third-order valence-corrected chi connectivity index (χ3v) is 5.05. The largest absolute Gasteiger partial charge is 0.386 e. The van der Waals surface area contributed by atoms with Gasteiger partial charge in [-0.1, -0.05) is 24.3 Å². The molecule has 1 aromatic carbocycles. The highest BCUT2D eigenvalue weighted by molar-refractivity contribution is 5.43. The molecule has 3 heteroatoms. The van der Waals surface area contributed by atoms with Gasteiger partial charge in [0.2, 0.25) is 0 Å². The molecule has 0 saturated carbocycles. The number of hydrogen-bond donors (Lipinski definition) is 2. The van der Waals surface area contributed by atoms with Crippen molar-refractivity contribution < 1.29 is 9.84 Å². The van der Waals surface area contributed by atoms with Gasteiger partial charge in [-0.25, -0.2) is 0 Å². The maximum Gasteiger partial charge on any atom is 0.103 e. The van der Waals surface area contributed by atoms with Crippen LogP contribution in [-0.2, 0) is 16.6 Å². The van der Waals surface area contributed by atoms with E-state index in [4.69, 9.17) is 10.5 Å². The summed E-state index contributed by atoms with van der Waals surface area (Å²) in [5.41, 5.74) is 7.49. The summed E-state index contributed by atoms with van der Waals surface area (Å²) in [4.78, 5) is 0. The molecule has 0 radical (unpaired) electrons. The molecule has 0 spiro atoms. The summed E-state index contributed by atoms with van der Waals surface area (Å²) >= 11 is 0. The quantitative estimate of drug-likeness (QED) is 0.830. The number of ether oxygens (including phenoxy) is 1. The number of nitrogens with two attached hydrogens (primary N) is 1. The molecule has 3 unspecified atom stereocenters. The molecule has 3 nitrogen and oxygen atoms in total. The maximum atomic E-state index is 11.2. The van der Waals surface area contributed by atoms with Crippen molar-refractivity contribution in [3.63, 3.8) is 0 Å². The van der Waals surface area contributed by atoms with Gasteiger partial charge in [0.05, 0.1) is 6.10 Å². The van der Waals surface area contributed by atoms with Gasteiger partial charge >= 0.3 is 0 Å². The Labute approximate surface area is 108 Å². The zero-order valence-electron chi connectivity index (χ0n) is 10.9. The van der Waals surface area contributed by atoms with Gasteiger partial charge < -0.3 is 15.6 Å². The number of benzene rings is 1. The summed E-state index contributed by atoms with van der Waals surface area (Å²) < 4.78 is 5.62. The zero-order chi connectivity index (χ0) is 12.8. The molecule has 0 bridgehead atoms. The number of hydrogen-bond acceptors (Lipinski definition) is 3. The third kappa shape index (κ3) is 1.35. The number of aliphatic hydroxyl groups is 1. The van der Waals surface area contributed by atoms with Crippen molar-refractivity contribution in [2.24, 2.45) is 5.73 Å². The molecule has 98 valence electrons. The van der Waals surface area contributed by atoms with E-state index < -0.39 is 5.60 Å². The van der Waals surface area contributed by atoms with Crippen molar-refractivity contribution in [2.45, 2.75) is 43.3 Å². The summed E-state index contributed by atoms with van der Waals surface area (Å²) in [5, 5.41) is 11.2. The summed E-state index contributed by atoms with van der Waals surface area (Å²) in [6.07, 6.45) is 2.46. The van der Waals surface area contributed by atoms with Gasteiger partial charge in [-0.2, -0.15) is 0 Å². The van der Waals surface area contributed by atoms with E-state index in [0.717, 1.165) is 12.8 Å². The first kappa shape index (κ1) is 12.2. The van der Waals surface area contributed by atoms with Gasteiger partial charge in [-0.15, -0.1) is 0 Å². The highest BCUT2D eigenvalue weighted by Crippen LogP contribution is 2.50. The van der Waals surface area contributed by atoms with E-state index in [1.165, 1.54) is 11.1 Å². The van der Waals surface area contributed by atoms with Crippen LogP contribution in [0.5, 0.6) is 0 Å². The Bertz CT molecular complexity index is 462. The average molecular weight is 247 g/mol. The summed E-state index contributed by atoms with van der Waals surface area (Å²) in [6, 6.07) is 8.37. The highest BCUT2D eigenvalue weighted by atomic mass is 16.5. The Morgan fingerprint density at radius 1 is 1.39 bits per heavy atom. The second kappa shape index (κ2) is 4.05. The van der Waals surface area contributed by atoms with Crippen molar-refractivity contribution in [3.05, 3.63) is 35.4 Å². The summed E-state index contributed by atoms with van der Waals surface area (Å²) in [5.74, 6) is 0. The molecule has 1 aliphatic heterocycles. The van der Waals surface area contributed by atoms with Crippen LogP contribution in [0.15, 0.2) is 24.3 Å². The van der Waals surface area contributed by atoms with Gasteiger partial charge in [0, 0.05) is 25.0 Å². The molecule has 3 N–H and O–H groups in total. The smallest absolute Gasteiger partial charge is 0.103 e. The molecule has 2 aliphatic rings. The van der Waals surface area contributed by atoms with Crippen LogP contribution in [0, 0.1) is 0 Å². The first-order chi connectivity index (χ1) is 8.64. The normalized spacial score (nSPS) is 38.9. The van der Waals surface area contributed by atoms with E-state index >= 15 is 0 Å². The molecule has 1 fully saturated rings. The molecule has 3 rings (SSSR count). The van der Waals surface area contributed by atoms with Gasteiger partial charge in [0.1, 0.15) is 5.60 Å². The first-order valence-electron chi connectivity index (χ1n) is 6.76. The monoisotopic (exact) mass is 247 g/mol. The Hall–Kier alpha value is -0.900. The lowest BCUT2D eigenvalue weighted by Crippen LogP contribution is -2.58. The molecule has 1 aromatic rings.